The molecule has 4 aromatic rings. The highest BCUT2D eigenvalue weighted by molar-refractivity contribution is 5.57. The largest absolute Gasteiger partial charge is 0.492 e. The number of ether oxygens (including phenoxy) is 4. The first-order valence-corrected chi connectivity index (χ1v) is 12.1. The Balaban J connectivity index is 1.41. The highest BCUT2D eigenvalue weighted by atomic mass is 16.5. The Labute approximate surface area is 212 Å². The fourth-order valence-electron chi connectivity index (χ4n) is 3.83. The van der Waals surface area contributed by atoms with Gasteiger partial charge < -0.3 is 30.4 Å². The summed E-state index contributed by atoms with van der Waals surface area (Å²) in [4.78, 5) is 0. The summed E-state index contributed by atoms with van der Waals surface area (Å²) in [6.45, 7) is 7.11. The smallest absolute Gasteiger partial charge is 0.145 e. The first-order valence-electron chi connectivity index (χ1n) is 12.1. The molecule has 0 aliphatic heterocycles. The van der Waals surface area contributed by atoms with Gasteiger partial charge in [-0.25, -0.2) is 0 Å². The molecule has 0 saturated carbocycles. The van der Waals surface area contributed by atoms with Gasteiger partial charge in [-0.2, -0.15) is 0 Å². The van der Waals surface area contributed by atoms with Crippen LogP contribution in [0.25, 0.3) is 0 Å². The van der Waals surface area contributed by atoms with Crippen LogP contribution in [0, 0.1) is 0 Å². The van der Waals surface area contributed by atoms with Crippen molar-refractivity contribution in [1.82, 2.24) is 0 Å². The van der Waals surface area contributed by atoms with E-state index in [-0.39, 0.29) is 5.92 Å². The van der Waals surface area contributed by atoms with Gasteiger partial charge in [0.1, 0.15) is 34.5 Å². The molecule has 6 heteroatoms. The zero-order valence-electron chi connectivity index (χ0n) is 20.9. The van der Waals surface area contributed by atoms with Gasteiger partial charge in [0.25, 0.3) is 0 Å². The number of hydrogen-bond donors (Lipinski definition) is 2. The van der Waals surface area contributed by atoms with Crippen LogP contribution >= 0.6 is 0 Å². The maximum absolute atomic E-state index is 6.00. The summed E-state index contributed by atoms with van der Waals surface area (Å²) in [5.74, 6) is 4.30. The predicted octanol–water partition coefficient (Wildman–Crippen LogP) is 7.38. The van der Waals surface area contributed by atoms with Crippen LogP contribution in [0.5, 0.6) is 34.5 Å². The van der Waals surface area contributed by atoms with Crippen LogP contribution in [0.3, 0.4) is 0 Å². The van der Waals surface area contributed by atoms with Crippen LogP contribution in [-0.4, -0.2) is 13.2 Å². The highest BCUT2D eigenvalue weighted by Crippen LogP contribution is 2.33. The van der Waals surface area contributed by atoms with Crippen molar-refractivity contribution >= 4 is 11.4 Å². The Bertz CT molecular complexity index is 1190. The number of rotatable bonds is 10. The maximum atomic E-state index is 6.00. The van der Waals surface area contributed by atoms with Crippen LogP contribution in [-0.2, 0) is 0 Å². The number of hydrogen-bond acceptors (Lipinski definition) is 6. The lowest BCUT2D eigenvalue weighted by Crippen LogP contribution is -1.98. The molecule has 186 valence electrons. The Morgan fingerprint density at radius 1 is 0.556 bits per heavy atom. The molecule has 0 atom stereocenters. The molecule has 36 heavy (non-hydrogen) atoms. The SMILES string of the molecule is CCOc1cc(Oc2ccc(C(C)c3ccc(Oc4ccc(N)c(OCC)c4)cc3)cc2)ccc1N. The third-order valence-corrected chi connectivity index (χ3v) is 5.80. The number of nitrogen functional groups attached to an aromatic ring is 2. The fraction of sp³-hybridized carbons (Fsp3) is 0.200. The molecule has 0 fully saturated rings. The maximum Gasteiger partial charge on any atom is 0.145 e. The minimum atomic E-state index is 0.204. The molecule has 4 aromatic carbocycles. The van der Waals surface area contributed by atoms with Gasteiger partial charge in [0.15, 0.2) is 0 Å². The van der Waals surface area contributed by atoms with Crippen molar-refractivity contribution in [2.45, 2.75) is 26.7 Å². The van der Waals surface area contributed by atoms with E-state index >= 15 is 0 Å². The second-order valence-corrected chi connectivity index (χ2v) is 8.33. The Morgan fingerprint density at radius 3 is 1.28 bits per heavy atom. The average Bonchev–Trinajstić information content (AvgIpc) is 2.89. The monoisotopic (exact) mass is 484 g/mol. The quantitative estimate of drug-likeness (QED) is 0.228. The lowest BCUT2D eigenvalue weighted by atomic mass is 9.93. The molecule has 0 heterocycles. The standard InChI is InChI=1S/C30H32N2O4/c1-4-33-29-18-25(14-16-27(29)31)35-23-10-6-21(7-11-23)20(3)22-8-12-24(13-9-22)36-26-15-17-28(32)30(19-26)34-5-2/h6-20H,4-5,31-32H2,1-3H3. The van der Waals surface area contributed by atoms with E-state index in [1.165, 1.54) is 11.1 Å². The third kappa shape index (κ3) is 6.02. The normalized spacial score (nSPS) is 10.8. The van der Waals surface area contributed by atoms with Crippen molar-refractivity contribution < 1.29 is 18.9 Å². The first-order chi connectivity index (χ1) is 17.5. The molecule has 6 nitrogen and oxygen atoms in total. The zero-order chi connectivity index (χ0) is 25.5. The van der Waals surface area contributed by atoms with E-state index in [1.54, 1.807) is 24.3 Å². The zero-order valence-corrected chi connectivity index (χ0v) is 20.9. The van der Waals surface area contributed by atoms with Gasteiger partial charge >= 0.3 is 0 Å². The first kappa shape index (κ1) is 24.8. The van der Waals surface area contributed by atoms with Crippen LogP contribution in [0.2, 0.25) is 0 Å². The van der Waals surface area contributed by atoms with Crippen LogP contribution < -0.4 is 30.4 Å². The molecule has 4 rings (SSSR count). The topological polar surface area (TPSA) is 89.0 Å². The Kier molecular flexibility index (Phi) is 7.85. The van der Waals surface area contributed by atoms with Crippen molar-refractivity contribution in [3.05, 3.63) is 96.1 Å². The van der Waals surface area contributed by atoms with Crippen LogP contribution in [0.15, 0.2) is 84.9 Å². The van der Waals surface area contributed by atoms with Crippen LogP contribution in [0.4, 0.5) is 11.4 Å². The van der Waals surface area contributed by atoms with E-state index < -0.39 is 0 Å². The highest BCUT2D eigenvalue weighted by Gasteiger charge is 2.11. The number of benzene rings is 4. The van der Waals surface area contributed by atoms with E-state index in [0.717, 1.165) is 11.5 Å². The van der Waals surface area contributed by atoms with Gasteiger partial charge in [0.2, 0.25) is 0 Å². The van der Waals surface area contributed by atoms with Crippen molar-refractivity contribution in [2.75, 3.05) is 24.7 Å². The van der Waals surface area contributed by atoms with Crippen LogP contribution in [0.1, 0.15) is 37.8 Å². The molecular formula is C30H32N2O4. The lowest BCUT2D eigenvalue weighted by molar-refractivity contribution is 0.340. The average molecular weight is 485 g/mol. The van der Waals surface area contributed by atoms with Gasteiger partial charge in [-0.3, -0.25) is 0 Å². The number of nitrogens with two attached hydrogens (primary N) is 2. The van der Waals surface area contributed by atoms with Crippen molar-refractivity contribution in [3.63, 3.8) is 0 Å². The van der Waals surface area contributed by atoms with Gasteiger partial charge in [-0.05, 0) is 73.5 Å². The van der Waals surface area contributed by atoms with Gasteiger partial charge in [0.05, 0.1) is 24.6 Å². The van der Waals surface area contributed by atoms with E-state index in [0.29, 0.717) is 47.6 Å². The fourth-order valence-corrected chi connectivity index (χ4v) is 3.83. The predicted molar refractivity (Wildman–Crippen MR) is 145 cm³/mol. The molecule has 0 bridgehead atoms. The second kappa shape index (κ2) is 11.4. The van der Waals surface area contributed by atoms with E-state index in [2.05, 4.69) is 31.2 Å². The van der Waals surface area contributed by atoms with Gasteiger partial charge in [-0.1, -0.05) is 31.2 Å². The van der Waals surface area contributed by atoms with E-state index in [9.17, 15) is 0 Å². The summed E-state index contributed by atoms with van der Waals surface area (Å²) >= 11 is 0. The molecule has 0 saturated heterocycles. The lowest BCUT2D eigenvalue weighted by Gasteiger charge is -2.15. The number of anilines is 2. The summed E-state index contributed by atoms with van der Waals surface area (Å²) in [6.07, 6.45) is 0. The summed E-state index contributed by atoms with van der Waals surface area (Å²) in [6, 6.07) is 27.0. The molecule has 0 spiro atoms. The molecule has 4 N–H and O–H groups in total. The van der Waals surface area contributed by atoms with Crippen molar-refractivity contribution in [1.29, 1.82) is 0 Å². The summed E-state index contributed by atoms with van der Waals surface area (Å²) in [7, 11) is 0. The Morgan fingerprint density at radius 2 is 0.917 bits per heavy atom. The minimum absolute atomic E-state index is 0.204. The molecule has 0 aromatic heterocycles. The van der Waals surface area contributed by atoms with Gasteiger partial charge in [0, 0.05) is 18.1 Å². The molecule has 0 unspecified atom stereocenters. The summed E-state index contributed by atoms with van der Waals surface area (Å²) in [5.41, 5.74) is 15.4. The molecule has 0 amide bonds. The summed E-state index contributed by atoms with van der Waals surface area (Å²) < 4.78 is 23.1. The molecule has 0 radical (unpaired) electrons. The third-order valence-electron chi connectivity index (χ3n) is 5.80. The molecular weight excluding hydrogens is 452 g/mol. The van der Waals surface area contributed by atoms with Crippen molar-refractivity contribution in [2.24, 2.45) is 0 Å². The van der Waals surface area contributed by atoms with E-state index in [1.807, 2.05) is 50.2 Å². The Hall–Kier alpha value is -4.32. The second-order valence-electron chi connectivity index (χ2n) is 8.33. The van der Waals surface area contributed by atoms with Crippen molar-refractivity contribution in [3.8, 4) is 34.5 Å². The minimum Gasteiger partial charge on any atom is -0.492 e. The van der Waals surface area contributed by atoms with E-state index in [4.69, 9.17) is 30.4 Å². The van der Waals surface area contributed by atoms with Gasteiger partial charge in [-0.15, -0.1) is 0 Å². The summed E-state index contributed by atoms with van der Waals surface area (Å²) in [5, 5.41) is 0. The molecule has 0 aliphatic carbocycles. The molecule has 0 aliphatic rings.